The van der Waals surface area contributed by atoms with Gasteiger partial charge in [0.2, 0.25) is 0 Å². The molecule has 3 fully saturated rings. The highest BCUT2D eigenvalue weighted by Crippen LogP contribution is 2.37. The SMILES string of the molecule is C(CCN1CC2CCC1C2)CNC1CC1. The third-order valence-electron chi connectivity index (χ3n) is 4.41. The van der Waals surface area contributed by atoms with E-state index in [9.17, 15) is 0 Å². The Hall–Kier alpha value is -0.0800. The van der Waals surface area contributed by atoms with Crippen LogP contribution in [0.3, 0.4) is 0 Å². The first-order valence-corrected chi connectivity index (χ1v) is 6.89. The van der Waals surface area contributed by atoms with Crippen LogP contribution in [0.15, 0.2) is 0 Å². The summed E-state index contributed by atoms with van der Waals surface area (Å²) in [6.45, 7) is 4.04. The number of nitrogens with zero attached hydrogens (tertiary/aromatic N) is 1. The van der Waals surface area contributed by atoms with Crippen LogP contribution in [0.4, 0.5) is 0 Å². The molecule has 15 heavy (non-hydrogen) atoms. The van der Waals surface area contributed by atoms with Crippen LogP contribution in [0.5, 0.6) is 0 Å². The summed E-state index contributed by atoms with van der Waals surface area (Å²) in [5.74, 6) is 1.07. The minimum Gasteiger partial charge on any atom is -0.314 e. The van der Waals surface area contributed by atoms with Gasteiger partial charge in [0.25, 0.3) is 0 Å². The monoisotopic (exact) mass is 208 g/mol. The smallest absolute Gasteiger partial charge is 0.00985 e. The molecule has 2 heteroatoms. The van der Waals surface area contributed by atoms with Gasteiger partial charge in [0.1, 0.15) is 0 Å². The largest absolute Gasteiger partial charge is 0.314 e. The average Bonchev–Trinajstić information content (AvgIpc) is 2.84. The van der Waals surface area contributed by atoms with Crippen molar-refractivity contribution in [2.45, 2.75) is 57.0 Å². The number of hydrogen-bond acceptors (Lipinski definition) is 2. The van der Waals surface area contributed by atoms with E-state index < -0.39 is 0 Å². The van der Waals surface area contributed by atoms with Crippen LogP contribution in [0, 0.1) is 5.92 Å². The molecule has 0 radical (unpaired) electrons. The van der Waals surface area contributed by atoms with Gasteiger partial charge in [-0.15, -0.1) is 0 Å². The Balaban J connectivity index is 1.26. The van der Waals surface area contributed by atoms with Crippen LogP contribution in [-0.4, -0.2) is 36.6 Å². The number of likely N-dealkylation sites (tertiary alicyclic amines) is 1. The summed E-state index contributed by atoms with van der Waals surface area (Å²) >= 11 is 0. The molecule has 1 N–H and O–H groups in total. The first-order valence-electron chi connectivity index (χ1n) is 6.89. The lowest BCUT2D eigenvalue weighted by atomic mass is 10.1. The molecule has 86 valence electrons. The maximum absolute atomic E-state index is 3.60. The second-order valence-corrected chi connectivity index (χ2v) is 5.76. The summed E-state index contributed by atoms with van der Waals surface area (Å²) in [5.41, 5.74) is 0. The van der Waals surface area contributed by atoms with Gasteiger partial charge < -0.3 is 10.2 Å². The van der Waals surface area contributed by atoms with Gasteiger partial charge in [-0.1, -0.05) is 0 Å². The Kier molecular flexibility index (Phi) is 2.98. The molecular weight excluding hydrogens is 184 g/mol. The van der Waals surface area contributed by atoms with Gasteiger partial charge in [-0.2, -0.15) is 0 Å². The molecule has 0 amide bonds. The summed E-state index contributed by atoms with van der Waals surface area (Å²) in [6, 6.07) is 1.87. The van der Waals surface area contributed by atoms with Crippen molar-refractivity contribution in [3.8, 4) is 0 Å². The fraction of sp³-hybridized carbons (Fsp3) is 1.00. The Labute approximate surface area is 93.4 Å². The zero-order chi connectivity index (χ0) is 10.1. The molecular formula is C13H24N2. The maximum Gasteiger partial charge on any atom is 0.00985 e. The van der Waals surface area contributed by atoms with Crippen molar-refractivity contribution in [2.24, 2.45) is 5.92 Å². The lowest BCUT2D eigenvalue weighted by molar-refractivity contribution is 0.209. The number of rotatable bonds is 6. The highest BCUT2D eigenvalue weighted by Gasteiger charge is 2.36. The van der Waals surface area contributed by atoms with E-state index in [1.807, 2.05) is 0 Å². The summed E-state index contributed by atoms with van der Waals surface area (Å²) in [6.07, 6.45) is 10.2. The van der Waals surface area contributed by atoms with Crippen LogP contribution in [0.1, 0.15) is 44.9 Å². The van der Waals surface area contributed by atoms with Gasteiger partial charge in [-0.25, -0.2) is 0 Å². The van der Waals surface area contributed by atoms with Crippen molar-refractivity contribution >= 4 is 0 Å². The Bertz CT molecular complexity index is 213. The zero-order valence-electron chi connectivity index (χ0n) is 9.75. The molecule has 2 nitrogen and oxygen atoms in total. The van der Waals surface area contributed by atoms with Gasteiger partial charge in [0, 0.05) is 18.6 Å². The second kappa shape index (κ2) is 4.42. The molecule has 2 unspecified atom stereocenters. The van der Waals surface area contributed by atoms with E-state index in [4.69, 9.17) is 0 Å². The topological polar surface area (TPSA) is 15.3 Å². The molecule has 2 aliphatic carbocycles. The van der Waals surface area contributed by atoms with Gasteiger partial charge in [-0.05, 0) is 64.0 Å². The summed E-state index contributed by atoms with van der Waals surface area (Å²) < 4.78 is 0. The molecule has 3 rings (SSSR count). The molecule has 0 aromatic heterocycles. The Morgan fingerprint density at radius 2 is 2.00 bits per heavy atom. The predicted molar refractivity (Wildman–Crippen MR) is 63.0 cm³/mol. The van der Waals surface area contributed by atoms with Crippen molar-refractivity contribution in [3.05, 3.63) is 0 Å². The van der Waals surface area contributed by atoms with E-state index in [0.717, 1.165) is 18.0 Å². The molecule has 0 aromatic rings. The van der Waals surface area contributed by atoms with E-state index in [-0.39, 0.29) is 0 Å². The first-order chi connectivity index (χ1) is 7.42. The molecule has 1 heterocycles. The number of unbranched alkanes of at least 4 members (excludes halogenated alkanes) is 1. The van der Waals surface area contributed by atoms with E-state index in [1.54, 1.807) is 0 Å². The highest BCUT2D eigenvalue weighted by molar-refractivity contribution is 4.91. The van der Waals surface area contributed by atoms with Crippen LogP contribution in [0.2, 0.25) is 0 Å². The molecule has 1 saturated heterocycles. The fourth-order valence-corrected chi connectivity index (χ4v) is 3.33. The number of hydrogen-bond donors (Lipinski definition) is 1. The minimum atomic E-state index is 0.896. The number of nitrogens with one attached hydrogen (secondary N) is 1. The Morgan fingerprint density at radius 3 is 2.67 bits per heavy atom. The summed E-state index contributed by atoms with van der Waals surface area (Å²) in [7, 11) is 0. The lowest BCUT2D eigenvalue weighted by Crippen LogP contribution is -2.33. The molecule has 3 aliphatic rings. The van der Waals surface area contributed by atoms with E-state index in [2.05, 4.69) is 10.2 Å². The standard InChI is InChI=1S/C13H24N2/c1(7-14-12-4-5-12)2-8-15-10-11-3-6-13(15)9-11/h11-14H,1-10H2. The highest BCUT2D eigenvalue weighted by atomic mass is 15.2. The molecule has 2 atom stereocenters. The van der Waals surface area contributed by atoms with Crippen molar-refractivity contribution in [1.29, 1.82) is 0 Å². The van der Waals surface area contributed by atoms with Crippen LogP contribution in [-0.2, 0) is 0 Å². The van der Waals surface area contributed by atoms with Gasteiger partial charge in [0.15, 0.2) is 0 Å². The molecule has 1 aliphatic heterocycles. The maximum atomic E-state index is 3.60. The third kappa shape index (κ3) is 2.54. The normalized spacial score (nSPS) is 35.2. The first kappa shape index (κ1) is 10.1. The van der Waals surface area contributed by atoms with Gasteiger partial charge in [0.05, 0.1) is 0 Å². The van der Waals surface area contributed by atoms with Gasteiger partial charge in [-0.3, -0.25) is 0 Å². The average molecular weight is 208 g/mol. The van der Waals surface area contributed by atoms with Crippen LogP contribution in [0.25, 0.3) is 0 Å². The fourth-order valence-electron chi connectivity index (χ4n) is 3.33. The van der Waals surface area contributed by atoms with Crippen molar-refractivity contribution in [3.63, 3.8) is 0 Å². The van der Waals surface area contributed by atoms with E-state index in [0.29, 0.717) is 0 Å². The molecule has 0 aromatic carbocycles. The van der Waals surface area contributed by atoms with Crippen LogP contribution < -0.4 is 5.32 Å². The summed E-state index contributed by atoms with van der Waals surface area (Å²) in [4.78, 5) is 2.76. The van der Waals surface area contributed by atoms with Crippen molar-refractivity contribution in [2.75, 3.05) is 19.6 Å². The Morgan fingerprint density at radius 1 is 1.07 bits per heavy atom. The van der Waals surface area contributed by atoms with Crippen LogP contribution >= 0.6 is 0 Å². The lowest BCUT2D eigenvalue weighted by Gasteiger charge is -2.26. The van der Waals surface area contributed by atoms with Crippen molar-refractivity contribution < 1.29 is 0 Å². The zero-order valence-corrected chi connectivity index (χ0v) is 9.75. The number of fused-ring (bicyclic) bond motifs is 2. The minimum absolute atomic E-state index is 0.896. The molecule has 2 saturated carbocycles. The number of piperidine rings is 1. The van der Waals surface area contributed by atoms with E-state index >= 15 is 0 Å². The predicted octanol–water partition coefficient (Wildman–Crippen LogP) is 2.00. The second-order valence-electron chi connectivity index (χ2n) is 5.76. The third-order valence-corrected chi connectivity index (χ3v) is 4.41. The van der Waals surface area contributed by atoms with Gasteiger partial charge >= 0.3 is 0 Å². The summed E-state index contributed by atoms with van der Waals surface area (Å²) in [5, 5.41) is 3.60. The molecule has 0 spiro atoms. The molecule has 2 bridgehead atoms. The van der Waals surface area contributed by atoms with E-state index in [1.165, 1.54) is 64.6 Å². The quantitative estimate of drug-likeness (QED) is 0.672. The van der Waals surface area contributed by atoms with Crippen molar-refractivity contribution in [1.82, 2.24) is 10.2 Å².